The van der Waals surface area contributed by atoms with E-state index < -0.39 is 17.4 Å². The fraction of sp³-hybridized carbons (Fsp3) is 0.800. The maximum Gasteiger partial charge on any atom is 0.334 e. The third-order valence-corrected chi connectivity index (χ3v) is 3.35. The van der Waals surface area contributed by atoms with Gasteiger partial charge in [-0.3, -0.25) is 0 Å². The van der Waals surface area contributed by atoms with E-state index in [1.54, 1.807) is 0 Å². The van der Waals surface area contributed by atoms with Gasteiger partial charge in [-0.25, -0.2) is 4.79 Å². The largest absolute Gasteiger partial charge is 0.456 e. The standard InChI is InChI=1S/C15H28O4/c1-7-8-9-12(3)14(4,5)19-13(16)11(2)10-15(6,17)18/h10,12,17-18H,7-9H2,1-6H3/b11-10+. The van der Waals surface area contributed by atoms with Crippen LogP contribution in [0.2, 0.25) is 0 Å². The molecule has 112 valence electrons. The number of aliphatic hydroxyl groups is 2. The Labute approximate surface area is 116 Å². The Hall–Kier alpha value is -0.870. The summed E-state index contributed by atoms with van der Waals surface area (Å²) < 4.78 is 5.47. The average molecular weight is 272 g/mol. The molecule has 0 rings (SSSR count). The second-order valence-electron chi connectivity index (χ2n) is 5.96. The summed E-state index contributed by atoms with van der Waals surface area (Å²) in [5.74, 6) is -2.26. The van der Waals surface area contributed by atoms with Gasteiger partial charge in [0.1, 0.15) is 5.60 Å². The highest BCUT2D eigenvalue weighted by Gasteiger charge is 2.30. The Bertz CT molecular complexity index is 324. The summed E-state index contributed by atoms with van der Waals surface area (Å²) in [4.78, 5) is 11.9. The first-order valence-electron chi connectivity index (χ1n) is 6.87. The van der Waals surface area contributed by atoms with Gasteiger partial charge < -0.3 is 14.9 Å². The van der Waals surface area contributed by atoms with E-state index in [9.17, 15) is 15.0 Å². The molecule has 2 N–H and O–H groups in total. The zero-order chi connectivity index (χ0) is 15.3. The van der Waals surface area contributed by atoms with E-state index in [2.05, 4.69) is 13.8 Å². The first-order valence-corrected chi connectivity index (χ1v) is 6.87. The summed E-state index contributed by atoms with van der Waals surface area (Å²) in [6, 6.07) is 0. The summed E-state index contributed by atoms with van der Waals surface area (Å²) in [7, 11) is 0. The van der Waals surface area contributed by atoms with Crippen LogP contribution in [0.1, 0.15) is 60.8 Å². The number of carbonyl (C=O) groups is 1. The zero-order valence-electron chi connectivity index (χ0n) is 13.0. The molecule has 0 aliphatic carbocycles. The number of rotatable bonds is 7. The van der Waals surface area contributed by atoms with Crippen LogP contribution in [-0.4, -0.2) is 27.6 Å². The second-order valence-corrected chi connectivity index (χ2v) is 5.96. The van der Waals surface area contributed by atoms with Crippen LogP contribution in [0.25, 0.3) is 0 Å². The first kappa shape index (κ1) is 18.1. The Morgan fingerprint density at radius 1 is 1.32 bits per heavy atom. The van der Waals surface area contributed by atoms with Gasteiger partial charge in [0.05, 0.1) is 0 Å². The second kappa shape index (κ2) is 7.06. The van der Waals surface area contributed by atoms with E-state index in [1.807, 2.05) is 13.8 Å². The predicted octanol–water partition coefficient (Wildman–Crippen LogP) is 2.78. The lowest BCUT2D eigenvalue weighted by Crippen LogP contribution is -2.36. The molecule has 0 heterocycles. The molecule has 1 atom stereocenters. The van der Waals surface area contributed by atoms with E-state index >= 15 is 0 Å². The highest BCUT2D eigenvalue weighted by atomic mass is 16.6. The molecule has 19 heavy (non-hydrogen) atoms. The number of hydrogen-bond donors (Lipinski definition) is 2. The minimum absolute atomic E-state index is 0.197. The average Bonchev–Trinajstić information content (AvgIpc) is 2.22. The van der Waals surface area contributed by atoms with Gasteiger partial charge in [-0.05, 0) is 46.1 Å². The number of carbonyl (C=O) groups excluding carboxylic acids is 1. The van der Waals surface area contributed by atoms with Crippen molar-refractivity contribution in [2.24, 2.45) is 5.92 Å². The molecule has 0 aliphatic rings. The van der Waals surface area contributed by atoms with Crippen LogP contribution < -0.4 is 0 Å². The van der Waals surface area contributed by atoms with Crippen molar-refractivity contribution in [1.82, 2.24) is 0 Å². The van der Waals surface area contributed by atoms with Crippen LogP contribution in [0.15, 0.2) is 11.6 Å². The molecule has 0 amide bonds. The third-order valence-electron chi connectivity index (χ3n) is 3.35. The summed E-state index contributed by atoms with van der Waals surface area (Å²) >= 11 is 0. The van der Waals surface area contributed by atoms with E-state index in [0.717, 1.165) is 25.3 Å². The Kier molecular flexibility index (Phi) is 6.73. The maximum atomic E-state index is 11.9. The van der Waals surface area contributed by atoms with Gasteiger partial charge in [0, 0.05) is 5.57 Å². The van der Waals surface area contributed by atoms with Crippen LogP contribution in [0.3, 0.4) is 0 Å². The number of ether oxygens (including phenoxy) is 1. The topological polar surface area (TPSA) is 66.8 Å². The van der Waals surface area contributed by atoms with Crippen molar-refractivity contribution in [2.45, 2.75) is 72.2 Å². The molecule has 0 radical (unpaired) electrons. The molecule has 4 nitrogen and oxygen atoms in total. The summed E-state index contributed by atoms with van der Waals surface area (Å²) in [6.45, 7) is 10.7. The van der Waals surface area contributed by atoms with Gasteiger partial charge in [0.25, 0.3) is 0 Å². The molecule has 0 bridgehead atoms. The van der Waals surface area contributed by atoms with Crippen molar-refractivity contribution < 1.29 is 19.7 Å². The number of unbranched alkanes of at least 4 members (excludes halogenated alkanes) is 1. The van der Waals surface area contributed by atoms with Crippen molar-refractivity contribution in [3.63, 3.8) is 0 Å². The van der Waals surface area contributed by atoms with Gasteiger partial charge in [0.2, 0.25) is 0 Å². The minimum Gasteiger partial charge on any atom is -0.456 e. The van der Waals surface area contributed by atoms with E-state index in [0.29, 0.717) is 0 Å². The Morgan fingerprint density at radius 3 is 2.26 bits per heavy atom. The highest BCUT2D eigenvalue weighted by Crippen LogP contribution is 2.27. The number of hydrogen-bond acceptors (Lipinski definition) is 4. The van der Waals surface area contributed by atoms with Gasteiger partial charge in [-0.15, -0.1) is 0 Å². The van der Waals surface area contributed by atoms with E-state index in [1.165, 1.54) is 13.8 Å². The molecule has 0 spiro atoms. The predicted molar refractivity (Wildman–Crippen MR) is 75.5 cm³/mol. The Balaban J connectivity index is 4.66. The summed E-state index contributed by atoms with van der Waals surface area (Å²) in [5.41, 5.74) is -0.369. The van der Waals surface area contributed by atoms with Gasteiger partial charge in [0.15, 0.2) is 5.79 Å². The smallest absolute Gasteiger partial charge is 0.334 e. The minimum atomic E-state index is -2.00. The fourth-order valence-electron chi connectivity index (χ4n) is 1.75. The lowest BCUT2D eigenvalue weighted by molar-refractivity contribution is -0.157. The molecular weight excluding hydrogens is 244 g/mol. The van der Waals surface area contributed by atoms with Gasteiger partial charge in [-0.1, -0.05) is 26.7 Å². The molecule has 0 saturated carbocycles. The third kappa shape index (κ3) is 7.33. The van der Waals surface area contributed by atoms with Crippen molar-refractivity contribution in [3.05, 3.63) is 11.6 Å². The zero-order valence-corrected chi connectivity index (χ0v) is 13.0. The first-order chi connectivity index (χ1) is 8.49. The molecule has 0 aromatic rings. The normalized spacial score (nSPS) is 15.3. The molecule has 0 aromatic carbocycles. The van der Waals surface area contributed by atoms with Gasteiger partial charge in [-0.2, -0.15) is 0 Å². The molecule has 1 unspecified atom stereocenters. The van der Waals surface area contributed by atoms with Crippen LogP contribution in [0.5, 0.6) is 0 Å². The molecule has 4 heteroatoms. The quantitative estimate of drug-likeness (QED) is 0.425. The number of esters is 1. The maximum absolute atomic E-state index is 11.9. The summed E-state index contributed by atoms with van der Waals surface area (Å²) in [5, 5.41) is 18.5. The van der Waals surface area contributed by atoms with Crippen LogP contribution >= 0.6 is 0 Å². The van der Waals surface area contributed by atoms with Gasteiger partial charge >= 0.3 is 5.97 Å². The molecular formula is C15H28O4. The Morgan fingerprint density at radius 2 is 1.84 bits per heavy atom. The lowest BCUT2D eigenvalue weighted by atomic mass is 9.88. The van der Waals surface area contributed by atoms with E-state index in [4.69, 9.17) is 4.74 Å². The molecule has 0 aromatic heterocycles. The SMILES string of the molecule is CCCCC(C)C(C)(C)OC(=O)/C(C)=C/C(C)(O)O. The van der Waals surface area contributed by atoms with Crippen molar-refractivity contribution in [2.75, 3.05) is 0 Å². The molecule has 0 aliphatic heterocycles. The van der Waals surface area contributed by atoms with E-state index in [-0.39, 0.29) is 11.5 Å². The van der Waals surface area contributed by atoms with Crippen molar-refractivity contribution in [1.29, 1.82) is 0 Å². The summed E-state index contributed by atoms with van der Waals surface area (Å²) in [6.07, 6.45) is 4.29. The van der Waals surface area contributed by atoms with Crippen LogP contribution in [0.4, 0.5) is 0 Å². The van der Waals surface area contributed by atoms with Crippen LogP contribution in [0, 0.1) is 5.92 Å². The lowest BCUT2D eigenvalue weighted by Gasteiger charge is -2.32. The van der Waals surface area contributed by atoms with Crippen molar-refractivity contribution >= 4 is 5.97 Å². The van der Waals surface area contributed by atoms with Crippen molar-refractivity contribution in [3.8, 4) is 0 Å². The fourth-order valence-corrected chi connectivity index (χ4v) is 1.75. The molecule has 0 fully saturated rings. The molecule has 0 saturated heterocycles. The van der Waals surface area contributed by atoms with Crippen LogP contribution in [-0.2, 0) is 9.53 Å². The highest BCUT2D eigenvalue weighted by molar-refractivity contribution is 5.88. The monoisotopic (exact) mass is 272 g/mol.